The predicted molar refractivity (Wildman–Crippen MR) is 119 cm³/mol. The van der Waals surface area contributed by atoms with Gasteiger partial charge in [0.15, 0.2) is 0 Å². The van der Waals surface area contributed by atoms with Crippen LogP contribution in [0.1, 0.15) is 35.6 Å². The third kappa shape index (κ3) is 4.00. The van der Waals surface area contributed by atoms with Gasteiger partial charge in [-0.15, -0.1) is 0 Å². The Morgan fingerprint density at radius 2 is 1.81 bits per heavy atom. The molecule has 0 spiro atoms. The number of imide groups is 1. The van der Waals surface area contributed by atoms with Crippen LogP contribution in [0, 0.1) is 0 Å². The van der Waals surface area contributed by atoms with Gasteiger partial charge in [0.05, 0.1) is 0 Å². The number of hydrogen-bond acceptors (Lipinski definition) is 4. The molecule has 31 heavy (non-hydrogen) atoms. The molecular weight excluding hydrogens is 392 g/mol. The molecule has 2 aliphatic rings. The highest BCUT2D eigenvalue weighted by molar-refractivity contribution is 6.09. The molecule has 162 valence electrons. The van der Waals surface area contributed by atoms with Gasteiger partial charge in [-0.1, -0.05) is 30.3 Å². The number of hydrogen-bond donors (Lipinski definition) is 2. The van der Waals surface area contributed by atoms with E-state index in [0.29, 0.717) is 6.54 Å². The third-order valence-electron chi connectivity index (χ3n) is 6.19. The molecule has 1 heterocycles. The maximum Gasteiger partial charge on any atom is 0.325 e. The highest BCUT2D eigenvalue weighted by Gasteiger charge is 2.49. The standard InChI is InChI=1S/C24H28N4O3/c1-24(19-10-9-17-5-4-6-18(17)13-19)22(30)28(23(31)26-24)15-21(29)25-14-16-7-11-20(12-8-16)27(2)3/h7-13H,4-6,14-15H2,1-3H3,(H,25,29)(H,26,31)/t24-/m0/s1. The summed E-state index contributed by atoms with van der Waals surface area (Å²) in [6.45, 7) is 1.73. The van der Waals surface area contributed by atoms with Gasteiger partial charge < -0.3 is 15.5 Å². The summed E-state index contributed by atoms with van der Waals surface area (Å²) in [6.07, 6.45) is 3.15. The lowest BCUT2D eigenvalue weighted by Crippen LogP contribution is -2.43. The second-order valence-electron chi connectivity index (χ2n) is 8.62. The molecule has 0 radical (unpaired) electrons. The monoisotopic (exact) mass is 420 g/mol. The zero-order valence-electron chi connectivity index (χ0n) is 18.2. The summed E-state index contributed by atoms with van der Waals surface area (Å²) in [5.41, 5.74) is 4.16. The van der Waals surface area contributed by atoms with E-state index in [9.17, 15) is 14.4 Å². The quantitative estimate of drug-likeness (QED) is 0.703. The van der Waals surface area contributed by atoms with Crippen molar-refractivity contribution in [1.29, 1.82) is 0 Å². The van der Waals surface area contributed by atoms with Crippen molar-refractivity contribution in [1.82, 2.24) is 15.5 Å². The fourth-order valence-corrected chi connectivity index (χ4v) is 4.23. The Hall–Kier alpha value is -3.35. The summed E-state index contributed by atoms with van der Waals surface area (Å²) in [5.74, 6) is -0.778. The van der Waals surface area contributed by atoms with Crippen molar-refractivity contribution < 1.29 is 14.4 Å². The molecule has 2 aromatic rings. The minimum absolute atomic E-state index is 0.305. The molecule has 1 aliphatic carbocycles. The van der Waals surface area contributed by atoms with Crippen LogP contribution < -0.4 is 15.5 Å². The van der Waals surface area contributed by atoms with Crippen LogP contribution in [0.2, 0.25) is 0 Å². The van der Waals surface area contributed by atoms with Crippen molar-refractivity contribution in [3.05, 3.63) is 64.7 Å². The lowest BCUT2D eigenvalue weighted by Gasteiger charge is -2.23. The average Bonchev–Trinajstić information content (AvgIpc) is 3.31. The molecule has 1 fully saturated rings. The number of benzene rings is 2. The van der Waals surface area contributed by atoms with Crippen LogP contribution >= 0.6 is 0 Å². The van der Waals surface area contributed by atoms with Gasteiger partial charge in [-0.25, -0.2) is 4.79 Å². The van der Waals surface area contributed by atoms with Gasteiger partial charge in [0, 0.05) is 26.3 Å². The third-order valence-corrected chi connectivity index (χ3v) is 6.19. The molecule has 1 saturated heterocycles. The van der Waals surface area contributed by atoms with Crippen LogP contribution in [0.25, 0.3) is 0 Å². The van der Waals surface area contributed by atoms with E-state index in [-0.39, 0.29) is 12.5 Å². The fourth-order valence-electron chi connectivity index (χ4n) is 4.23. The van der Waals surface area contributed by atoms with Crippen molar-refractivity contribution >= 4 is 23.5 Å². The number of rotatable bonds is 6. The van der Waals surface area contributed by atoms with E-state index < -0.39 is 17.5 Å². The zero-order valence-corrected chi connectivity index (χ0v) is 18.2. The summed E-state index contributed by atoms with van der Waals surface area (Å²) in [4.78, 5) is 41.1. The van der Waals surface area contributed by atoms with E-state index in [1.165, 1.54) is 11.1 Å². The second-order valence-corrected chi connectivity index (χ2v) is 8.62. The van der Waals surface area contributed by atoms with Crippen LogP contribution in [0.15, 0.2) is 42.5 Å². The summed E-state index contributed by atoms with van der Waals surface area (Å²) in [5, 5.41) is 5.58. The lowest BCUT2D eigenvalue weighted by molar-refractivity contribution is -0.134. The van der Waals surface area contributed by atoms with E-state index in [4.69, 9.17) is 0 Å². The number of carbonyl (C=O) groups is 3. The Morgan fingerprint density at radius 3 is 2.52 bits per heavy atom. The minimum Gasteiger partial charge on any atom is -0.378 e. The molecule has 4 rings (SSSR count). The largest absolute Gasteiger partial charge is 0.378 e. The van der Waals surface area contributed by atoms with Gasteiger partial charge in [0.2, 0.25) is 5.91 Å². The number of anilines is 1. The fraction of sp³-hybridized carbons (Fsp3) is 0.375. The number of aryl methyl sites for hydroxylation is 2. The minimum atomic E-state index is -1.16. The Morgan fingerprint density at radius 1 is 1.10 bits per heavy atom. The molecule has 0 aromatic heterocycles. The van der Waals surface area contributed by atoms with E-state index in [2.05, 4.69) is 10.6 Å². The molecule has 0 unspecified atom stereocenters. The van der Waals surface area contributed by atoms with Gasteiger partial charge in [0.1, 0.15) is 12.1 Å². The maximum absolute atomic E-state index is 13.1. The summed E-state index contributed by atoms with van der Waals surface area (Å²) in [7, 11) is 3.93. The molecule has 4 amide bonds. The Kier molecular flexibility index (Phi) is 5.43. The molecule has 2 aromatic carbocycles. The second kappa shape index (κ2) is 8.06. The van der Waals surface area contributed by atoms with Gasteiger partial charge in [-0.05, 0) is 60.6 Å². The first-order valence-electron chi connectivity index (χ1n) is 10.6. The Balaban J connectivity index is 1.40. The first-order chi connectivity index (χ1) is 14.8. The molecule has 2 N–H and O–H groups in total. The highest BCUT2D eigenvalue weighted by atomic mass is 16.2. The first-order valence-corrected chi connectivity index (χ1v) is 10.6. The number of fused-ring (bicyclic) bond motifs is 1. The van der Waals surface area contributed by atoms with Crippen molar-refractivity contribution in [2.45, 2.75) is 38.3 Å². The average molecular weight is 421 g/mol. The van der Waals surface area contributed by atoms with Gasteiger partial charge >= 0.3 is 6.03 Å². The molecule has 7 heteroatoms. The van der Waals surface area contributed by atoms with Crippen LogP contribution in [0.3, 0.4) is 0 Å². The number of nitrogens with zero attached hydrogens (tertiary/aromatic N) is 2. The Bertz CT molecular complexity index is 1030. The van der Waals surface area contributed by atoms with E-state index in [0.717, 1.165) is 41.0 Å². The van der Waals surface area contributed by atoms with Gasteiger partial charge in [-0.3, -0.25) is 14.5 Å². The van der Waals surface area contributed by atoms with Crippen molar-refractivity contribution in [2.24, 2.45) is 0 Å². The van der Waals surface area contributed by atoms with E-state index in [1.807, 2.05) is 61.5 Å². The molecule has 7 nitrogen and oxygen atoms in total. The highest BCUT2D eigenvalue weighted by Crippen LogP contribution is 2.32. The van der Waals surface area contributed by atoms with E-state index >= 15 is 0 Å². The predicted octanol–water partition coefficient (Wildman–Crippen LogP) is 2.32. The summed E-state index contributed by atoms with van der Waals surface area (Å²) < 4.78 is 0. The molecule has 1 atom stereocenters. The van der Waals surface area contributed by atoms with E-state index in [1.54, 1.807) is 6.92 Å². The van der Waals surface area contributed by atoms with Crippen molar-refractivity contribution in [2.75, 3.05) is 25.5 Å². The summed E-state index contributed by atoms with van der Waals surface area (Å²) in [6, 6.07) is 13.2. The van der Waals surface area contributed by atoms with Crippen LogP contribution in [0.5, 0.6) is 0 Å². The lowest BCUT2D eigenvalue weighted by atomic mass is 9.89. The normalized spacial score (nSPS) is 19.9. The SMILES string of the molecule is CN(C)c1ccc(CNC(=O)CN2C(=O)N[C@@](C)(c3ccc4c(c3)CCC4)C2=O)cc1. The van der Waals surface area contributed by atoms with Crippen LogP contribution in [0.4, 0.5) is 10.5 Å². The zero-order chi connectivity index (χ0) is 22.2. The van der Waals surface area contributed by atoms with Gasteiger partial charge in [0.25, 0.3) is 5.91 Å². The maximum atomic E-state index is 13.1. The smallest absolute Gasteiger partial charge is 0.325 e. The molecule has 0 saturated carbocycles. The molecule has 0 bridgehead atoms. The number of carbonyl (C=O) groups excluding carboxylic acids is 3. The number of nitrogens with one attached hydrogen (secondary N) is 2. The molecular formula is C24H28N4O3. The van der Waals surface area contributed by atoms with Gasteiger partial charge in [-0.2, -0.15) is 0 Å². The summed E-state index contributed by atoms with van der Waals surface area (Å²) >= 11 is 0. The topological polar surface area (TPSA) is 81.8 Å². The van der Waals surface area contributed by atoms with Crippen LogP contribution in [-0.4, -0.2) is 43.4 Å². The van der Waals surface area contributed by atoms with Crippen LogP contribution in [-0.2, 0) is 34.5 Å². The first kappa shape index (κ1) is 20.9. The van der Waals surface area contributed by atoms with Crippen molar-refractivity contribution in [3.63, 3.8) is 0 Å². The van der Waals surface area contributed by atoms with Crippen molar-refractivity contribution in [3.8, 4) is 0 Å². The number of urea groups is 1. The Labute approximate surface area is 182 Å². The molecule has 1 aliphatic heterocycles. The number of amides is 4.